The third-order valence-corrected chi connectivity index (χ3v) is 3.17. The van der Waals surface area contributed by atoms with Crippen LogP contribution in [-0.2, 0) is 4.79 Å². The number of carbonyl (C=O) groups is 1. The summed E-state index contributed by atoms with van der Waals surface area (Å²) in [5, 5.41) is 2.79. The Balaban J connectivity index is 1.92. The SMILES string of the molecule is Cc1cc(C)cc(OCC(=O)Nc2cccc(Br)c2)c1. The molecular formula is C16H16BrNO2. The quantitative estimate of drug-likeness (QED) is 0.915. The highest BCUT2D eigenvalue weighted by Crippen LogP contribution is 2.17. The second-order valence-corrected chi connectivity index (χ2v) is 5.59. The Morgan fingerprint density at radius 1 is 1.15 bits per heavy atom. The first-order valence-corrected chi connectivity index (χ1v) is 7.09. The van der Waals surface area contributed by atoms with Crippen LogP contribution in [0.2, 0.25) is 0 Å². The van der Waals surface area contributed by atoms with Gasteiger partial charge in [-0.2, -0.15) is 0 Å². The first-order chi connectivity index (χ1) is 9.52. The van der Waals surface area contributed by atoms with E-state index >= 15 is 0 Å². The highest BCUT2D eigenvalue weighted by atomic mass is 79.9. The van der Waals surface area contributed by atoms with Crippen molar-refractivity contribution in [3.05, 3.63) is 58.1 Å². The summed E-state index contributed by atoms with van der Waals surface area (Å²) in [6.07, 6.45) is 0. The van der Waals surface area contributed by atoms with Crippen molar-refractivity contribution in [2.45, 2.75) is 13.8 Å². The number of carbonyl (C=O) groups excluding carboxylic acids is 1. The zero-order valence-corrected chi connectivity index (χ0v) is 13.0. The lowest BCUT2D eigenvalue weighted by Crippen LogP contribution is -2.20. The average Bonchev–Trinajstić information content (AvgIpc) is 2.35. The molecule has 0 radical (unpaired) electrons. The van der Waals surface area contributed by atoms with Gasteiger partial charge in [-0.1, -0.05) is 28.1 Å². The molecule has 3 nitrogen and oxygen atoms in total. The van der Waals surface area contributed by atoms with E-state index in [1.165, 1.54) is 0 Å². The van der Waals surface area contributed by atoms with Crippen LogP contribution in [0.4, 0.5) is 5.69 Å². The number of nitrogens with one attached hydrogen (secondary N) is 1. The van der Waals surface area contributed by atoms with E-state index in [9.17, 15) is 4.79 Å². The zero-order chi connectivity index (χ0) is 14.5. The summed E-state index contributed by atoms with van der Waals surface area (Å²) in [5.41, 5.74) is 2.98. The van der Waals surface area contributed by atoms with E-state index in [-0.39, 0.29) is 12.5 Å². The minimum Gasteiger partial charge on any atom is -0.484 e. The maximum atomic E-state index is 11.8. The van der Waals surface area contributed by atoms with Crippen molar-refractivity contribution in [1.82, 2.24) is 0 Å². The summed E-state index contributed by atoms with van der Waals surface area (Å²) in [7, 11) is 0. The van der Waals surface area contributed by atoms with Crippen LogP contribution in [0.3, 0.4) is 0 Å². The van der Waals surface area contributed by atoms with E-state index in [0.717, 1.165) is 21.3 Å². The summed E-state index contributed by atoms with van der Waals surface area (Å²) in [6, 6.07) is 13.3. The number of amides is 1. The third-order valence-electron chi connectivity index (χ3n) is 2.67. The van der Waals surface area contributed by atoms with Gasteiger partial charge in [0.1, 0.15) is 5.75 Å². The predicted molar refractivity (Wildman–Crippen MR) is 84.2 cm³/mol. The Hall–Kier alpha value is -1.81. The van der Waals surface area contributed by atoms with E-state index in [1.807, 2.05) is 50.2 Å². The lowest BCUT2D eigenvalue weighted by atomic mass is 10.1. The molecule has 104 valence electrons. The molecule has 0 aliphatic rings. The van der Waals surface area contributed by atoms with Crippen molar-refractivity contribution < 1.29 is 9.53 Å². The minimum absolute atomic E-state index is 0.00456. The standard InChI is InChI=1S/C16H16BrNO2/c1-11-6-12(2)8-15(7-11)20-10-16(19)18-14-5-3-4-13(17)9-14/h3-9H,10H2,1-2H3,(H,18,19). The fraction of sp³-hybridized carbons (Fsp3) is 0.188. The number of ether oxygens (including phenoxy) is 1. The summed E-state index contributed by atoms with van der Waals surface area (Å²) in [4.78, 5) is 11.8. The van der Waals surface area contributed by atoms with Gasteiger partial charge in [0.2, 0.25) is 0 Å². The Kier molecular flexibility index (Phi) is 4.79. The van der Waals surface area contributed by atoms with Crippen LogP contribution < -0.4 is 10.1 Å². The largest absolute Gasteiger partial charge is 0.484 e. The molecule has 0 heterocycles. The topological polar surface area (TPSA) is 38.3 Å². The molecule has 0 aliphatic carbocycles. The number of hydrogen-bond donors (Lipinski definition) is 1. The van der Waals surface area contributed by atoms with Gasteiger partial charge in [-0.25, -0.2) is 0 Å². The Morgan fingerprint density at radius 2 is 1.85 bits per heavy atom. The van der Waals surface area contributed by atoms with Gasteiger partial charge in [0.15, 0.2) is 6.61 Å². The fourth-order valence-electron chi connectivity index (χ4n) is 1.93. The Bertz CT molecular complexity index is 605. The highest BCUT2D eigenvalue weighted by molar-refractivity contribution is 9.10. The van der Waals surface area contributed by atoms with Crippen LogP contribution in [0.1, 0.15) is 11.1 Å². The molecule has 1 N–H and O–H groups in total. The van der Waals surface area contributed by atoms with E-state index in [1.54, 1.807) is 0 Å². The van der Waals surface area contributed by atoms with Crippen molar-refractivity contribution >= 4 is 27.5 Å². The van der Waals surface area contributed by atoms with E-state index in [4.69, 9.17) is 4.74 Å². The molecule has 2 rings (SSSR count). The molecule has 1 amide bonds. The second kappa shape index (κ2) is 6.57. The molecule has 0 unspecified atom stereocenters. The molecule has 2 aromatic rings. The molecule has 2 aromatic carbocycles. The van der Waals surface area contributed by atoms with Crippen molar-refractivity contribution in [1.29, 1.82) is 0 Å². The van der Waals surface area contributed by atoms with Gasteiger partial charge in [0.05, 0.1) is 0 Å². The Labute approximate surface area is 127 Å². The minimum atomic E-state index is -0.178. The van der Waals surface area contributed by atoms with Crippen molar-refractivity contribution in [3.63, 3.8) is 0 Å². The van der Waals surface area contributed by atoms with Crippen molar-refractivity contribution in [2.75, 3.05) is 11.9 Å². The molecule has 4 heteroatoms. The van der Waals surface area contributed by atoms with Crippen LogP contribution in [0.25, 0.3) is 0 Å². The normalized spacial score (nSPS) is 10.2. The van der Waals surface area contributed by atoms with Crippen LogP contribution in [0.5, 0.6) is 5.75 Å². The van der Waals surface area contributed by atoms with Crippen molar-refractivity contribution in [2.24, 2.45) is 0 Å². The number of aryl methyl sites for hydroxylation is 2. The molecule has 0 spiro atoms. The van der Waals surface area contributed by atoms with Gasteiger partial charge in [-0.3, -0.25) is 4.79 Å². The maximum absolute atomic E-state index is 11.8. The van der Waals surface area contributed by atoms with E-state index < -0.39 is 0 Å². The maximum Gasteiger partial charge on any atom is 0.262 e. The predicted octanol–water partition coefficient (Wildman–Crippen LogP) is 4.08. The molecule has 0 aliphatic heterocycles. The van der Waals surface area contributed by atoms with Crippen LogP contribution >= 0.6 is 15.9 Å². The first kappa shape index (κ1) is 14.6. The van der Waals surface area contributed by atoms with Gasteiger partial charge >= 0.3 is 0 Å². The van der Waals surface area contributed by atoms with Crippen LogP contribution in [0, 0.1) is 13.8 Å². The van der Waals surface area contributed by atoms with Gasteiger partial charge in [0, 0.05) is 10.2 Å². The molecule has 20 heavy (non-hydrogen) atoms. The van der Waals surface area contributed by atoms with Gasteiger partial charge in [-0.15, -0.1) is 0 Å². The lowest BCUT2D eigenvalue weighted by Gasteiger charge is -2.09. The van der Waals surface area contributed by atoms with E-state index in [2.05, 4.69) is 27.3 Å². The monoisotopic (exact) mass is 333 g/mol. The molecule has 0 saturated heterocycles. The van der Waals surface area contributed by atoms with Gasteiger partial charge < -0.3 is 10.1 Å². The molecule has 0 fully saturated rings. The summed E-state index contributed by atoms with van der Waals surface area (Å²) >= 11 is 3.36. The van der Waals surface area contributed by atoms with Crippen LogP contribution in [-0.4, -0.2) is 12.5 Å². The number of halogens is 1. The number of rotatable bonds is 4. The number of benzene rings is 2. The van der Waals surface area contributed by atoms with Crippen LogP contribution in [0.15, 0.2) is 46.9 Å². The third kappa shape index (κ3) is 4.38. The summed E-state index contributed by atoms with van der Waals surface area (Å²) in [5.74, 6) is 0.536. The average molecular weight is 334 g/mol. The second-order valence-electron chi connectivity index (χ2n) is 4.67. The molecule has 0 atom stereocenters. The first-order valence-electron chi connectivity index (χ1n) is 6.29. The molecular weight excluding hydrogens is 318 g/mol. The van der Waals surface area contributed by atoms with E-state index in [0.29, 0.717) is 5.75 Å². The highest BCUT2D eigenvalue weighted by Gasteiger charge is 2.04. The molecule has 0 saturated carbocycles. The smallest absolute Gasteiger partial charge is 0.262 e. The van der Waals surface area contributed by atoms with Gasteiger partial charge in [-0.05, 0) is 55.3 Å². The summed E-state index contributed by atoms with van der Waals surface area (Å²) in [6.45, 7) is 4.00. The van der Waals surface area contributed by atoms with Gasteiger partial charge in [0.25, 0.3) is 5.91 Å². The zero-order valence-electron chi connectivity index (χ0n) is 11.4. The van der Waals surface area contributed by atoms with Crippen molar-refractivity contribution in [3.8, 4) is 5.75 Å². The number of anilines is 1. The molecule has 0 bridgehead atoms. The lowest BCUT2D eigenvalue weighted by molar-refractivity contribution is -0.118. The number of hydrogen-bond acceptors (Lipinski definition) is 2. The summed E-state index contributed by atoms with van der Waals surface area (Å²) < 4.78 is 6.43. The molecule has 0 aromatic heterocycles. The Morgan fingerprint density at radius 3 is 2.50 bits per heavy atom. The fourth-order valence-corrected chi connectivity index (χ4v) is 2.33.